The summed E-state index contributed by atoms with van der Waals surface area (Å²) in [6, 6.07) is 0. The Balaban J connectivity index is 4.24. The molecule has 416 valence electrons. The maximum absolute atomic E-state index is 12.9. The third kappa shape index (κ3) is 58.4. The maximum Gasteiger partial charge on any atom is 0.306 e. The van der Waals surface area contributed by atoms with Crippen molar-refractivity contribution in [2.75, 3.05) is 13.2 Å². The molecule has 71 heavy (non-hydrogen) atoms. The van der Waals surface area contributed by atoms with Crippen LogP contribution in [0, 0.1) is 0 Å². The SMILES string of the molecule is CCCCCCC/C=C\C/C=C\C/C=C\CCCCCCCCCCCCC(=O)OCC(COC(=O)CCCCCCCCCCCCCC)OC(=O)CCCCCCCCCCCCCCCCCC. The van der Waals surface area contributed by atoms with E-state index in [0.717, 1.165) is 70.6 Å². The van der Waals surface area contributed by atoms with Gasteiger partial charge in [0, 0.05) is 19.3 Å². The minimum atomic E-state index is -0.769. The molecule has 1 atom stereocenters. The molecule has 0 aromatic rings. The van der Waals surface area contributed by atoms with E-state index in [0.29, 0.717) is 19.3 Å². The largest absolute Gasteiger partial charge is 0.462 e. The molecule has 0 saturated carbocycles. The molecule has 0 N–H and O–H groups in total. The van der Waals surface area contributed by atoms with Crippen molar-refractivity contribution in [3.05, 3.63) is 36.5 Å². The smallest absolute Gasteiger partial charge is 0.306 e. The summed E-state index contributed by atoms with van der Waals surface area (Å²) in [6.07, 6.45) is 72.9. The highest BCUT2D eigenvalue weighted by atomic mass is 16.6. The summed E-state index contributed by atoms with van der Waals surface area (Å²) in [5, 5.41) is 0. The van der Waals surface area contributed by atoms with Crippen LogP contribution in [0.4, 0.5) is 0 Å². The second kappa shape index (κ2) is 60.2. The highest BCUT2D eigenvalue weighted by Crippen LogP contribution is 2.17. The maximum atomic E-state index is 12.9. The number of carbonyl (C=O) groups excluding carboxylic acids is 3. The van der Waals surface area contributed by atoms with E-state index < -0.39 is 6.10 Å². The van der Waals surface area contributed by atoms with Crippen LogP contribution in [0.5, 0.6) is 0 Å². The van der Waals surface area contributed by atoms with E-state index in [4.69, 9.17) is 14.2 Å². The fraction of sp³-hybridized carbons (Fsp3) is 0.862. The minimum Gasteiger partial charge on any atom is -0.462 e. The summed E-state index contributed by atoms with van der Waals surface area (Å²) < 4.78 is 16.9. The number of esters is 3. The highest BCUT2D eigenvalue weighted by Gasteiger charge is 2.19. The van der Waals surface area contributed by atoms with Crippen LogP contribution in [0.15, 0.2) is 36.5 Å². The fourth-order valence-electron chi connectivity index (χ4n) is 9.39. The second-order valence-corrected chi connectivity index (χ2v) is 21.3. The molecule has 0 bridgehead atoms. The first-order valence-corrected chi connectivity index (χ1v) is 31.5. The standard InChI is InChI=1S/C65H120O6/c1-4-7-10-13-16-19-22-25-27-29-30-31-32-33-34-35-36-37-39-40-43-46-49-52-55-58-64(67)70-61-62(60-69-63(66)57-54-51-48-45-42-24-21-18-15-12-9-6-3)71-65(68)59-56-53-50-47-44-41-38-28-26-23-20-17-14-11-8-5-2/h22,25,29-30,32-33,62H,4-21,23-24,26-28,31,34-61H2,1-3H3/b25-22-,30-29-,33-32-. The third-order valence-corrected chi connectivity index (χ3v) is 14.1. The van der Waals surface area contributed by atoms with Gasteiger partial charge in [-0.05, 0) is 57.8 Å². The topological polar surface area (TPSA) is 78.9 Å². The zero-order valence-corrected chi connectivity index (χ0v) is 47.8. The molecule has 0 fully saturated rings. The first-order valence-electron chi connectivity index (χ1n) is 31.5. The predicted octanol–water partition coefficient (Wildman–Crippen LogP) is 21.2. The zero-order chi connectivity index (χ0) is 51.4. The van der Waals surface area contributed by atoms with Gasteiger partial charge in [0.1, 0.15) is 13.2 Å². The van der Waals surface area contributed by atoms with E-state index in [1.807, 2.05) is 0 Å². The molecule has 0 rings (SSSR count). The molecule has 0 spiro atoms. The lowest BCUT2D eigenvalue weighted by Gasteiger charge is -2.18. The Morgan fingerprint density at radius 3 is 0.789 bits per heavy atom. The zero-order valence-electron chi connectivity index (χ0n) is 47.8. The van der Waals surface area contributed by atoms with Gasteiger partial charge >= 0.3 is 17.9 Å². The summed E-state index contributed by atoms with van der Waals surface area (Å²) in [7, 11) is 0. The van der Waals surface area contributed by atoms with Crippen molar-refractivity contribution in [2.45, 2.75) is 348 Å². The molecule has 0 aliphatic carbocycles. The van der Waals surface area contributed by atoms with E-state index in [1.54, 1.807) is 0 Å². The Labute approximate surface area is 442 Å². The van der Waals surface area contributed by atoms with Crippen LogP contribution in [0.2, 0.25) is 0 Å². The highest BCUT2D eigenvalue weighted by molar-refractivity contribution is 5.71. The molecule has 0 heterocycles. The summed E-state index contributed by atoms with van der Waals surface area (Å²) in [6.45, 7) is 6.68. The van der Waals surface area contributed by atoms with Crippen molar-refractivity contribution in [3.63, 3.8) is 0 Å². The van der Waals surface area contributed by atoms with E-state index in [9.17, 15) is 14.4 Å². The van der Waals surface area contributed by atoms with Gasteiger partial charge in [0.2, 0.25) is 0 Å². The van der Waals surface area contributed by atoms with Crippen LogP contribution in [0.1, 0.15) is 342 Å². The van der Waals surface area contributed by atoms with Gasteiger partial charge in [0.25, 0.3) is 0 Å². The van der Waals surface area contributed by atoms with Gasteiger partial charge in [-0.25, -0.2) is 0 Å². The molecule has 0 aliphatic heterocycles. The van der Waals surface area contributed by atoms with Crippen molar-refractivity contribution in [2.24, 2.45) is 0 Å². The fourth-order valence-corrected chi connectivity index (χ4v) is 9.39. The number of carbonyl (C=O) groups is 3. The molecule has 0 amide bonds. The Hall–Kier alpha value is -2.37. The van der Waals surface area contributed by atoms with Crippen LogP contribution in [0.3, 0.4) is 0 Å². The molecular formula is C65H120O6. The number of allylic oxidation sites excluding steroid dienone is 6. The molecule has 1 unspecified atom stereocenters. The summed E-state index contributed by atoms with van der Waals surface area (Å²) in [5.74, 6) is -0.849. The van der Waals surface area contributed by atoms with Crippen LogP contribution in [-0.4, -0.2) is 37.2 Å². The monoisotopic (exact) mass is 997 g/mol. The van der Waals surface area contributed by atoms with Crippen LogP contribution < -0.4 is 0 Å². The molecule has 0 radical (unpaired) electrons. The second-order valence-electron chi connectivity index (χ2n) is 21.3. The van der Waals surface area contributed by atoms with Crippen molar-refractivity contribution in [3.8, 4) is 0 Å². The Kier molecular flexibility index (Phi) is 58.2. The third-order valence-electron chi connectivity index (χ3n) is 14.1. The number of unbranched alkanes of at least 4 members (excludes halogenated alkanes) is 41. The number of rotatable bonds is 58. The van der Waals surface area contributed by atoms with Gasteiger partial charge in [0.15, 0.2) is 6.10 Å². The Morgan fingerprint density at radius 1 is 0.282 bits per heavy atom. The van der Waals surface area contributed by atoms with Crippen molar-refractivity contribution >= 4 is 17.9 Å². The molecule has 0 aromatic heterocycles. The van der Waals surface area contributed by atoms with Gasteiger partial charge in [-0.3, -0.25) is 14.4 Å². The average molecular weight is 998 g/mol. The van der Waals surface area contributed by atoms with E-state index in [2.05, 4.69) is 57.2 Å². The van der Waals surface area contributed by atoms with Gasteiger partial charge < -0.3 is 14.2 Å². The van der Waals surface area contributed by atoms with Crippen LogP contribution in [0.25, 0.3) is 0 Å². The number of ether oxygens (including phenoxy) is 3. The summed E-state index contributed by atoms with van der Waals surface area (Å²) in [5.41, 5.74) is 0. The van der Waals surface area contributed by atoms with Crippen LogP contribution in [-0.2, 0) is 28.6 Å². The molecule has 0 aliphatic rings. The number of hydrogen-bond acceptors (Lipinski definition) is 6. The van der Waals surface area contributed by atoms with Gasteiger partial charge in [-0.2, -0.15) is 0 Å². The van der Waals surface area contributed by atoms with E-state index >= 15 is 0 Å². The van der Waals surface area contributed by atoms with E-state index in [-0.39, 0.29) is 31.1 Å². The molecule has 6 heteroatoms. The molecule has 0 saturated heterocycles. The molecular weight excluding hydrogens is 877 g/mol. The first kappa shape index (κ1) is 68.6. The summed E-state index contributed by atoms with van der Waals surface area (Å²) >= 11 is 0. The Morgan fingerprint density at radius 2 is 0.507 bits per heavy atom. The number of hydrogen-bond donors (Lipinski definition) is 0. The summed E-state index contributed by atoms with van der Waals surface area (Å²) in [4.78, 5) is 38.2. The van der Waals surface area contributed by atoms with Crippen molar-refractivity contribution in [1.82, 2.24) is 0 Å². The average Bonchev–Trinajstić information content (AvgIpc) is 3.37. The first-order chi connectivity index (χ1) is 35.0. The molecule has 0 aromatic carbocycles. The van der Waals surface area contributed by atoms with Crippen LogP contribution >= 0.6 is 0 Å². The van der Waals surface area contributed by atoms with Gasteiger partial charge in [-0.15, -0.1) is 0 Å². The van der Waals surface area contributed by atoms with Crippen molar-refractivity contribution in [1.29, 1.82) is 0 Å². The van der Waals surface area contributed by atoms with Gasteiger partial charge in [-0.1, -0.05) is 301 Å². The minimum absolute atomic E-state index is 0.0677. The van der Waals surface area contributed by atoms with E-state index in [1.165, 1.54) is 231 Å². The predicted molar refractivity (Wildman–Crippen MR) is 307 cm³/mol. The quantitative estimate of drug-likeness (QED) is 0.0261. The Bertz CT molecular complexity index is 1190. The lowest BCUT2D eigenvalue weighted by atomic mass is 10.0. The molecule has 6 nitrogen and oxygen atoms in total. The van der Waals surface area contributed by atoms with Crippen molar-refractivity contribution < 1.29 is 28.6 Å². The normalized spacial score (nSPS) is 12.2. The lowest BCUT2D eigenvalue weighted by Crippen LogP contribution is -2.30. The lowest BCUT2D eigenvalue weighted by molar-refractivity contribution is -0.167. The van der Waals surface area contributed by atoms with Gasteiger partial charge in [0.05, 0.1) is 0 Å².